The molecule has 1 saturated carbocycles. The van der Waals surface area contributed by atoms with Crippen molar-refractivity contribution in [3.05, 3.63) is 58.6 Å². The van der Waals surface area contributed by atoms with Gasteiger partial charge in [0.05, 0.1) is 23.8 Å². The Balaban J connectivity index is 1.35. The molecule has 3 unspecified atom stereocenters. The maximum atomic E-state index is 13.7. The SMILES string of the molecule is CNC(=O)NC1=CC=C2C(CC[C@]23CN(CC(=O)N2C(C)CCC2c2ccc(F)cc2C(F)(F)F)C(=O)O3)C1=O. The molecule has 0 bridgehead atoms. The number of rotatable bonds is 4. The van der Waals surface area contributed by atoms with E-state index >= 15 is 0 Å². The molecule has 4 amide bonds. The Morgan fingerprint density at radius 2 is 1.90 bits per heavy atom. The molecular weight excluding hydrogens is 536 g/mol. The standard InChI is InChI=1S/C27H28F4N4O5/c1-14-3-8-21(16-5-4-15(28)11-19(16)27(29,30)31)35(14)22(36)12-34-13-26(40-25(34)39)10-9-17-18(26)6-7-20(23(17)37)33-24(38)32-2/h4-7,11,14,17,21H,3,8-10,12-13H2,1-2H3,(H2,32,33,38)/t14?,17?,21?,26-/m0/s1. The Morgan fingerprint density at radius 1 is 1.15 bits per heavy atom. The van der Waals surface area contributed by atoms with E-state index in [0.717, 1.165) is 12.1 Å². The van der Waals surface area contributed by atoms with Crippen LogP contribution in [0.15, 0.2) is 41.6 Å². The van der Waals surface area contributed by atoms with Gasteiger partial charge in [0.25, 0.3) is 0 Å². The molecule has 2 heterocycles. The van der Waals surface area contributed by atoms with Crippen LogP contribution < -0.4 is 10.6 Å². The number of halogens is 4. The van der Waals surface area contributed by atoms with E-state index in [9.17, 15) is 36.7 Å². The summed E-state index contributed by atoms with van der Waals surface area (Å²) in [5.74, 6) is -2.48. The summed E-state index contributed by atoms with van der Waals surface area (Å²) < 4.78 is 60.6. The van der Waals surface area contributed by atoms with Gasteiger partial charge in [-0.25, -0.2) is 14.0 Å². The van der Waals surface area contributed by atoms with Crippen molar-refractivity contribution in [3.63, 3.8) is 0 Å². The van der Waals surface area contributed by atoms with Crippen molar-refractivity contribution < 1.29 is 41.5 Å². The van der Waals surface area contributed by atoms with E-state index in [1.165, 1.54) is 22.9 Å². The number of likely N-dealkylation sites (tertiary alicyclic amines) is 1. The molecule has 1 aromatic carbocycles. The maximum Gasteiger partial charge on any atom is 0.416 e. The highest BCUT2D eigenvalue weighted by Gasteiger charge is 2.56. The summed E-state index contributed by atoms with van der Waals surface area (Å²) in [4.78, 5) is 53.5. The van der Waals surface area contributed by atoms with E-state index < -0.39 is 65.7 Å². The Labute approximate surface area is 227 Å². The Morgan fingerprint density at radius 3 is 2.60 bits per heavy atom. The number of fused-ring (bicyclic) bond motifs is 2. The van der Waals surface area contributed by atoms with Crippen LogP contribution in [-0.2, 0) is 20.5 Å². The number of alkyl halides is 3. The topological polar surface area (TPSA) is 108 Å². The minimum Gasteiger partial charge on any atom is -0.436 e. The first kappa shape index (κ1) is 27.7. The van der Waals surface area contributed by atoms with Crippen LogP contribution in [0.25, 0.3) is 0 Å². The van der Waals surface area contributed by atoms with Crippen LogP contribution in [-0.4, -0.2) is 65.4 Å². The van der Waals surface area contributed by atoms with E-state index in [4.69, 9.17) is 4.74 Å². The summed E-state index contributed by atoms with van der Waals surface area (Å²) in [5, 5.41) is 4.86. The summed E-state index contributed by atoms with van der Waals surface area (Å²) in [7, 11) is 1.42. The lowest BCUT2D eigenvalue weighted by molar-refractivity contribution is -0.141. The summed E-state index contributed by atoms with van der Waals surface area (Å²) >= 11 is 0. The first-order valence-corrected chi connectivity index (χ1v) is 13.0. The number of ether oxygens (including phenoxy) is 1. The molecule has 4 atom stereocenters. The van der Waals surface area contributed by atoms with Gasteiger partial charge in [0.15, 0.2) is 11.4 Å². The van der Waals surface area contributed by atoms with Crippen LogP contribution in [0.3, 0.4) is 0 Å². The second kappa shape index (κ2) is 9.93. The molecule has 3 fully saturated rings. The number of hydrogen-bond donors (Lipinski definition) is 2. The molecule has 2 aliphatic carbocycles. The average Bonchev–Trinajstić information content (AvgIpc) is 3.55. The normalized spacial score (nSPS) is 27.9. The molecule has 4 aliphatic rings. The summed E-state index contributed by atoms with van der Waals surface area (Å²) in [6.45, 7) is 1.29. The number of urea groups is 1. The lowest BCUT2D eigenvalue weighted by Gasteiger charge is -2.32. The van der Waals surface area contributed by atoms with Crippen molar-refractivity contribution in [2.24, 2.45) is 5.92 Å². The van der Waals surface area contributed by atoms with Gasteiger partial charge in [-0.2, -0.15) is 13.2 Å². The predicted molar refractivity (Wildman–Crippen MR) is 132 cm³/mol. The highest BCUT2D eigenvalue weighted by Crippen LogP contribution is 2.49. The Bertz CT molecular complexity index is 1340. The van der Waals surface area contributed by atoms with Gasteiger partial charge < -0.3 is 20.3 Å². The van der Waals surface area contributed by atoms with Gasteiger partial charge in [0.2, 0.25) is 5.91 Å². The molecule has 13 heteroatoms. The van der Waals surface area contributed by atoms with E-state index in [2.05, 4.69) is 10.6 Å². The molecule has 0 radical (unpaired) electrons. The Hall–Kier alpha value is -3.90. The zero-order valence-electron chi connectivity index (χ0n) is 21.8. The number of allylic oxidation sites excluding steroid dienone is 3. The number of hydrogen-bond acceptors (Lipinski definition) is 5. The van der Waals surface area contributed by atoms with Crippen molar-refractivity contribution in [2.75, 3.05) is 20.1 Å². The molecule has 5 rings (SSSR count). The zero-order valence-corrected chi connectivity index (χ0v) is 21.8. The largest absolute Gasteiger partial charge is 0.436 e. The van der Waals surface area contributed by atoms with E-state index in [1.54, 1.807) is 13.0 Å². The van der Waals surface area contributed by atoms with E-state index in [-0.39, 0.29) is 30.0 Å². The predicted octanol–water partition coefficient (Wildman–Crippen LogP) is 3.82. The van der Waals surface area contributed by atoms with Crippen LogP contribution in [0.4, 0.5) is 27.2 Å². The van der Waals surface area contributed by atoms with E-state index in [1.807, 2.05) is 0 Å². The number of carbonyl (C=O) groups is 4. The third kappa shape index (κ3) is 4.71. The molecule has 40 heavy (non-hydrogen) atoms. The fourth-order valence-corrected chi connectivity index (χ4v) is 6.32. The van der Waals surface area contributed by atoms with Gasteiger partial charge in [-0.1, -0.05) is 12.1 Å². The van der Waals surface area contributed by atoms with Crippen molar-refractivity contribution in [1.82, 2.24) is 20.4 Å². The molecule has 1 aromatic rings. The molecule has 9 nitrogen and oxygen atoms in total. The number of carbonyl (C=O) groups excluding carboxylic acids is 4. The lowest BCUT2D eigenvalue weighted by atomic mass is 9.85. The summed E-state index contributed by atoms with van der Waals surface area (Å²) in [5.41, 5.74) is -1.74. The number of nitrogens with zero attached hydrogens (tertiary/aromatic N) is 2. The number of benzene rings is 1. The monoisotopic (exact) mass is 564 g/mol. The minimum absolute atomic E-state index is 0.00350. The van der Waals surface area contributed by atoms with E-state index in [0.29, 0.717) is 30.9 Å². The van der Waals surface area contributed by atoms with Gasteiger partial charge in [-0.05, 0) is 62.0 Å². The highest BCUT2D eigenvalue weighted by molar-refractivity contribution is 6.03. The number of amides is 4. The third-order valence-corrected chi connectivity index (χ3v) is 8.17. The summed E-state index contributed by atoms with van der Waals surface area (Å²) in [6, 6.07) is 0.561. The summed E-state index contributed by atoms with van der Waals surface area (Å²) in [6.07, 6.45) is -1.06. The van der Waals surface area contributed by atoms with Gasteiger partial charge >= 0.3 is 18.3 Å². The third-order valence-electron chi connectivity index (χ3n) is 8.17. The van der Waals surface area contributed by atoms with Crippen molar-refractivity contribution >= 4 is 23.8 Å². The van der Waals surface area contributed by atoms with Crippen LogP contribution in [0, 0.1) is 11.7 Å². The molecule has 0 aromatic heterocycles. The minimum atomic E-state index is -4.81. The van der Waals surface area contributed by atoms with Crippen LogP contribution in [0.5, 0.6) is 0 Å². The van der Waals surface area contributed by atoms with Gasteiger partial charge in [-0.15, -0.1) is 0 Å². The fraction of sp³-hybridized carbons (Fsp3) is 0.481. The lowest BCUT2D eigenvalue weighted by Crippen LogP contribution is -2.44. The molecule has 1 spiro atoms. The van der Waals surface area contributed by atoms with Crippen LogP contribution in [0.1, 0.15) is 49.8 Å². The quantitative estimate of drug-likeness (QED) is 0.541. The second-order valence-corrected chi connectivity index (χ2v) is 10.6. The molecule has 214 valence electrons. The van der Waals surface area contributed by atoms with Gasteiger partial charge in [-0.3, -0.25) is 14.5 Å². The fourth-order valence-electron chi connectivity index (χ4n) is 6.32. The average molecular weight is 565 g/mol. The zero-order chi connectivity index (χ0) is 29.0. The molecule has 2 aliphatic heterocycles. The molecule has 2 saturated heterocycles. The van der Waals surface area contributed by atoms with Crippen molar-refractivity contribution in [1.29, 1.82) is 0 Å². The number of Topliss-reactive ketones (excluding diaryl/α,β-unsaturated/α-hetero) is 1. The second-order valence-electron chi connectivity index (χ2n) is 10.6. The van der Waals surface area contributed by atoms with Crippen LogP contribution in [0.2, 0.25) is 0 Å². The molecule has 2 N–H and O–H groups in total. The maximum absolute atomic E-state index is 13.7. The number of ketones is 1. The van der Waals surface area contributed by atoms with Gasteiger partial charge in [0.1, 0.15) is 12.4 Å². The van der Waals surface area contributed by atoms with Gasteiger partial charge in [0, 0.05) is 19.0 Å². The van der Waals surface area contributed by atoms with Crippen molar-refractivity contribution in [2.45, 2.75) is 56.5 Å². The molecular formula is C27H28F4N4O5. The van der Waals surface area contributed by atoms with Crippen molar-refractivity contribution in [3.8, 4) is 0 Å². The Kier molecular flexibility index (Phi) is 6.87. The first-order chi connectivity index (χ1) is 18.8. The van der Waals surface area contributed by atoms with Crippen LogP contribution >= 0.6 is 0 Å². The number of nitrogens with one attached hydrogen (secondary N) is 2. The highest BCUT2D eigenvalue weighted by atomic mass is 19.4. The first-order valence-electron chi connectivity index (χ1n) is 13.0. The smallest absolute Gasteiger partial charge is 0.416 e.